The molecule has 0 saturated carbocycles. The summed E-state index contributed by atoms with van der Waals surface area (Å²) in [4.78, 5) is 11.7. The fourth-order valence-electron chi connectivity index (χ4n) is 1.70. The van der Waals surface area contributed by atoms with Gasteiger partial charge in [0.25, 0.3) is 0 Å². The van der Waals surface area contributed by atoms with Crippen molar-refractivity contribution in [2.75, 3.05) is 5.73 Å². The van der Waals surface area contributed by atoms with Gasteiger partial charge in [0, 0.05) is 5.69 Å². The van der Waals surface area contributed by atoms with Crippen molar-refractivity contribution < 1.29 is 9.21 Å². The lowest BCUT2D eigenvalue weighted by Crippen LogP contribution is -2.24. The van der Waals surface area contributed by atoms with Crippen molar-refractivity contribution in [3.05, 3.63) is 53.5 Å². The summed E-state index contributed by atoms with van der Waals surface area (Å²) >= 11 is 0. The lowest BCUT2D eigenvalue weighted by atomic mass is 10.1. The molecule has 1 aromatic heterocycles. The van der Waals surface area contributed by atoms with E-state index in [1.165, 1.54) is 0 Å². The Morgan fingerprint density at radius 1 is 1.28 bits per heavy atom. The maximum Gasteiger partial charge on any atom is 0.224 e. The van der Waals surface area contributed by atoms with Gasteiger partial charge < -0.3 is 15.5 Å². The Balaban J connectivity index is 1.88. The molecule has 0 unspecified atom stereocenters. The molecule has 0 aliphatic heterocycles. The third kappa shape index (κ3) is 3.13. The first-order chi connectivity index (χ1) is 8.65. The van der Waals surface area contributed by atoms with E-state index in [4.69, 9.17) is 10.2 Å². The number of anilines is 1. The third-order valence-electron chi connectivity index (χ3n) is 2.66. The first-order valence-electron chi connectivity index (χ1n) is 5.80. The smallest absolute Gasteiger partial charge is 0.224 e. The zero-order valence-electron chi connectivity index (χ0n) is 10.3. The summed E-state index contributed by atoms with van der Waals surface area (Å²) in [6.45, 7) is 2.27. The van der Waals surface area contributed by atoms with Crippen molar-refractivity contribution in [3.63, 3.8) is 0 Å². The normalized spacial score (nSPS) is 10.3. The summed E-state index contributed by atoms with van der Waals surface area (Å²) in [6, 6.07) is 11.1. The number of furan rings is 1. The molecule has 94 valence electrons. The van der Waals surface area contributed by atoms with Crippen LogP contribution in [0.3, 0.4) is 0 Å². The van der Waals surface area contributed by atoms with Crippen LogP contribution in [0.25, 0.3) is 0 Å². The molecule has 0 saturated heterocycles. The molecule has 0 aliphatic carbocycles. The van der Waals surface area contributed by atoms with Crippen LogP contribution in [-0.4, -0.2) is 5.91 Å². The Kier molecular flexibility index (Phi) is 3.67. The van der Waals surface area contributed by atoms with Crippen LogP contribution < -0.4 is 11.1 Å². The molecule has 0 bridgehead atoms. The van der Waals surface area contributed by atoms with Gasteiger partial charge in [-0.1, -0.05) is 18.2 Å². The van der Waals surface area contributed by atoms with E-state index in [0.29, 0.717) is 12.2 Å². The Labute approximate surface area is 106 Å². The molecular weight excluding hydrogens is 228 g/mol. The molecule has 1 heterocycles. The number of nitrogens with one attached hydrogen (secondary N) is 1. The summed E-state index contributed by atoms with van der Waals surface area (Å²) in [5, 5.41) is 2.80. The first kappa shape index (κ1) is 12.2. The molecule has 3 N–H and O–H groups in total. The Bertz CT molecular complexity index is 546. The lowest BCUT2D eigenvalue weighted by molar-refractivity contribution is -0.120. The van der Waals surface area contributed by atoms with E-state index in [9.17, 15) is 4.79 Å². The number of amides is 1. The molecule has 0 aliphatic rings. The molecule has 1 amide bonds. The summed E-state index contributed by atoms with van der Waals surface area (Å²) in [5.41, 5.74) is 7.26. The highest BCUT2D eigenvalue weighted by Gasteiger charge is 2.06. The fraction of sp³-hybridized carbons (Fsp3) is 0.214. The van der Waals surface area contributed by atoms with Crippen LogP contribution in [-0.2, 0) is 17.8 Å². The van der Waals surface area contributed by atoms with Crippen LogP contribution in [0.1, 0.15) is 17.1 Å². The molecule has 1 aromatic carbocycles. The van der Waals surface area contributed by atoms with Gasteiger partial charge in [0.1, 0.15) is 11.5 Å². The van der Waals surface area contributed by atoms with Gasteiger partial charge in [0.05, 0.1) is 13.0 Å². The van der Waals surface area contributed by atoms with Crippen molar-refractivity contribution in [1.82, 2.24) is 5.32 Å². The van der Waals surface area contributed by atoms with Gasteiger partial charge in [0.15, 0.2) is 0 Å². The molecular formula is C14H16N2O2. The number of hydrogen-bond donors (Lipinski definition) is 2. The molecule has 18 heavy (non-hydrogen) atoms. The van der Waals surface area contributed by atoms with E-state index in [1.807, 2.05) is 37.3 Å². The number of rotatable bonds is 4. The summed E-state index contributed by atoms with van der Waals surface area (Å²) in [6.07, 6.45) is 0.284. The number of benzene rings is 1. The number of carbonyl (C=O) groups is 1. The first-order valence-corrected chi connectivity index (χ1v) is 5.80. The fourth-order valence-corrected chi connectivity index (χ4v) is 1.70. The van der Waals surface area contributed by atoms with Crippen LogP contribution in [0.4, 0.5) is 5.69 Å². The second kappa shape index (κ2) is 5.40. The molecule has 4 heteroatoms. The number of aryl methyl sites for hydroxylation is 1. The number of nitrogen functional groups attached to an aromatic ring is 1. The van der Waals surface area contributed by atoms with E-state index in [0.717, 1.165) is 17.1 Å². The van der Waals surface area contributed by atoms with Crippen molar-refractivity contribution in [3.8, 4) is 0 Å². The van der Waals surface area contributed by atoms with E-state index >= 15 is 0 Å². The third-order valence-corrected chi connectivity index (χ3v) is 2.66. The van der Waals surface area contributed by atoms with Gasteiger partial charge >= 0.3 is 0 Å². The predicted molar refractivity (Wildman–Crippen MR) is 69.9 cm³/mol. The van der Waals surface area contributed by atoms with Crippen molar-refractivity contribution in [2.45, 2.75) is 19.9 Å². The topological polar surface area (TPSA) is 68.3 Å². The van der Waals surface area contributed by atoms with Gasteiger partial charge in [-0.3, -0.25) is 4.79 Å². The molecule has 0 radical (unpaired) electrons. The highest BCUT2D eigenvalue weighted by atomic mass is 16.3. The van der Waals surface area contributed by atoms with Gasteiger partial charge in [0.2, 0.25) is 5.91 Å². The average molecular weight is 244 g/mol. The second-order valence-corrected chi connectivity index (χ2v) is 4.16. The minimum atomic E-state index is -0.0676. The zero-order valence-corrected chi connectivity index (χ0v) is 10.3. The maximum atomic E-state index is 11.7. The van der Waals surface area contributed by atoms with E-state index in [-0.39, 0.29) is 12.3 Å². The molecule has 0 atom stereocenters. The maximum absolute atomic E-state index is 11.7. The van der Waals surface area contributed by atoms with Gasteiger partial charge in [-0.15, -0.1) is 0 Å². The van der Waals surface area contributed by atoms with Crippen LogP contribution in [0.5, 0.6) is 0 Å². The Hall–Kier alpha value is -2.23. The van der Waals surface area contributed by atoms with Crippen molar-refractivity contribution >= 4 is 11.6 Å². The van der Waals surface area contributed by atoms with Crippen LogP contribution in [0.2, 0.25) is 0 Å². The minimum Gasteiger partial charge on any atom is -0.465 e. The molecule has 4 nitrogen and oxygen atoms in total. The summed E-state index contributed by atoms with van der Waals surface area (Å²) < 4.78 is 5.37. The minimum absolute atomic E-state index is 0.0676. The highest BCUT2D eigenvalue weighted by molar-refractivity contribution is 5.80. The van der Waals surface area contributed by atoms with Crippen LogP contribution >= 0.6 is 0 Å². The predicted octanol–water partition coefficient (Wildman–Crippen LogP) is 2.03. The molecule has 0 fully saturated rings. The molecule has 2 aromatic rings. The van der Waals surface area contributed by atoms with E-state index in [1.54, 1.807) is 6.07 Å². The lowest BCUT2D eigenvalue weighted by Gasteiger charge is -2.05. The quantitative estimate of drug-likeness (QED) is 0.808. The average Bonchev–Trinajstić information content (AvgIpc) is 2.76. The van der Waals surface area contributed by atoms with Gasteiger partial charge in [-0.25, -0.2) is 0 Å². The SMILES string of the molecule is Cc1ccc(CNC(=O)Cc2ccccc2N)o1. The van der Waals surface area contributed by atoms with E-state index in [2.05, 4.69) is 5.32 Å². The summed E-state index contributed by atoms with van der Waals surface area (Å²) in [5.74, 6) is 1.52. The highest BCUT2D eigenvalue weighted by Crippen LogP contribution is 2.11. The summed E-state index contributed by atoms with van der Waals surface area (Å²) in [7, 11) is 0. The standard InChI is InChI=1S/C14H16N2O2/c1-10-6-7-12(18-10)9-16-14(17)8-11-4-2-3-5-13(11)15/h2-7H,8-9,15H2,1H3,(H,16,17). The molecule has 2 rings (SSSR count). The number of hydrogen-bond acceptors (Lipinski definition) is 3. The number of nitrogens with two attached hydrogens (primary N) is 1. The van der Waals surface area contributed by atoms with Crippen LogP contribution in [0.15, 0.2) is 40.8 Å². The van der Waals surface area contributed by atoms with Crippen LogP contribution in [0, 0.1) is 6.92 Å². The number of para-hydroxylation sites is 1. The van der Waals surface area contributed by atoms with Gasteiger partial charge in [-0.2, -0.15) is 0 Å². The van der Waals surface area contributed by atoms with E-state index < -0.39 is 0 Å². The second-order valence-electron chi connectivity index (χ2n) is 4.16. The number of carbonyl (C=O) groups excluding carboxylic acids is 1. The van der Waals surface area contributed by atoms with Crippen molar-refractivity contribution in [2.24, 2.45) is 0 Å². The molecule has 0 spiro atoms. The van der Waals surface area contributed by atoms with Crippen molar-refractivity contribution in [1.29, 1.82) is 0 Å². The monoisotopic (exact) mass is 244 g/mol. The zero-order chi connectivity index (χ0) is 13.0. The Morgan fingerprint density at radius 2 is 2.06 bits per heavy atom. The largest absolute Gasteiger partial charge is 0.465 e. The Morgan fingerprint density at radius 3 is 2.72 bits per heavy atom. The van der Waals surface area contributed by atoms with Gasteiger partial charge in [-0.05, 0) is 30.7 Å².